The second-order valence-electron chi connectivity index (χ2n) is 6.73. The number of hydrogen-bond donors (Lipinski definition) is 3. The van der Waals surface area contributed by atoms with Gasteiger partial charge in [0.05, 0.1) is 5.69 Å². The van der Waals surface area contributed by atoms with Gasteiger partial charge in [-0.25, -0.2) is 0 Å². The lowest BCUT2D eigenvalue weighted by Gasteiger charge is -2.25. The standard InChI is InChI=1S/C20H21N3O3/c1-12-19(24)23-16-11-15(9-10-17(16)26-12)21-18(13-5-3-2-4-6-13)20(25)22-14-7-8-14/h2-6,9-12,14,18,21H,7-8H2,1H3,(H,22,25)(H,23,24)/t12-,18+/m0/s1. The smallest absolute Gasteiger partial charge is 0.265 e. The van der Waals surface area contributed by atoms with Crippen LogP contribution in [0.3, 0.4) is 0 Å². The molecular formula is C20H21N3O3. The van der Waals surface area contributed by atoms with E-state index in [-0.39, 0.29) is 17.9 Å². The lowest BCUT2D eigenvalue weighted by Crippen LogP contribution is -2.35. The Labute approximate surface area is 151 Å². The molecule has 0 radical (unpaired) electrons. The molecule has 26 heavy (non-hydrogen) atoms. The van der Waals surface area contributed by atoms with Crippen LogP contribution >= 0.6 is 0 Å². The summed E-state index contributed by atoms with van der Waals surface area (Å²) in [4.78, 5) is 24.5. The van der Waals surface area contributed by atoms with Gasteiger partial charge in [0, 0.05) is 11.7 Å². The largest absolute Gasteiger partial charge is 0.479 e. The summed E-state index contributed by atoms with van der Waals surface area (Å²) in [7, 11) is 0. The predicted molar refractivity (Wildman–Crippen MR) is 99.1 cm³/mol. The molecule has 1 aliphatic carbocycles. The number of nitrogens with one attached hydrogen (secondary N) is 3. The highest BCUT2D eigenvalue weighted by molar-refractivity contribution is 5.98. The van der Waals surface area contributed by atoms with E-state index < -0.39 is 12.1 Å². The first-order valence-electron chi connectivity index (χ1n) is 8.83. The minimum absolute atomic E-state index is 0.0506. The molecule has 4 rings (SSSR count). The van der Waals surface area contributed by atoms with Gasteiger partial charge in [-0.2, -0.15) is 0 Å². The van der Waals surface area contributed by atoms with Gasteiger partial charge >= 0.3 is 0 Å². The lowest BCUT2D eigenvalue weighted by molar-refractivity contribution is -0.123. The van der Waals surface area contributed by atoms with Gasteiger partial charge in [0.15, 0.2) is 6.10 Å². The molecule has 0 spiro atoms. The van der Waals surface area contributed by atoms with E-state index in [4.69, 9.17) is 4.74 Å². The summed E-state index contributed by atoms with van der Waals surface area (Å²) in [5, 5.41) is 9.17. The number of rotatable bonds is 5. The summed E-state index contributed by atoms with van der Waals surface area (Å²) in [6.07, 6.45) is 1.56. The Morgan fingerprint density at radius 2 is 1.96 bits per heavy atom. The molecule has 0 aromatic heterocycles. The average molecular weight is 351 g/mol. The summed E-state index contributed by atoms with van der Waals surface area (Å²) >= 11 is 0. The summed E-state index contributed by atoms with van der Waals surface area (Å²) in [6.45, 7) is 1.71. The monoisotopic (exact) mass is 351 g/mol. The number of carbonyl (C=O) groups is 2. The van der Waals surface area contributed by atoms with Crippen molar-refractivity contribution in [2.24, 2.45) is 0 Å². The Morgan fingerprint density at radius 3 is 2.69 bits per heavy atom. The lowest BCUT2D eigenvalue weighted by atomic mass is 10.1. The van der Waals surface area contributed by atoms with Gasteiger partial charge in [-0.15, -0.1) is 0 Å². The van der Waals surface area contributed by atoms with E-state index >= 15 is 0 Å². The van der Waals surface area contributed by atoms with Crippen molar-refractivity contribution in [3.05, 3.63) is 54.1 Å². The molecule has 0 unspecified atom stereocenters. The molecule has 6 heteroatoms. The van der Waals surface area contributed by atoms with Gasteiger partial charge in [0.1, 0.15) is 11.8 Å². The third-order valence-corrected chi connectivity index (χ3v) is 4.54. The van der Waals surface area contributed by atoms with Crippen LogP contribution < -0.4 is 20.7 Å². The van der Waals surface area contributed by atoms with Crippen molar-refractivity contribution in [3.63, 3.8) is 0 Å². The molecule has 1 saturated carbocycles. The van der Waals surface area contributed by atoms with Crippen LogP contribution in [0.4, 0.5) is 11.4 Å². The highest BCUT2D eigenvalue weighted by Gasteiger charge is 2.29. The molecule has 2 amide bonds. The minimum Gasteiger partial charge on any atom is -0.479 e. The summed E-state index contributed by atoms with van der Waals surface area (Å²) in [5.41, 5.74) is 2.23. The SMILES string of the molecule is C[C@@H]1Oc2ccc(N[C@@H](C(=O)NC3CC3)c3ccccc3)cc2NC1=O. The maximum Gasteiger partial charge on any atom is 0.265 e. The van der Waals surface area contributed by atoms with Crippen molar-refractivity contribution in [2.75, 3.05) is 10.6 Å². The van der Waals surface area contributed by atoms with Crippen LogP contribution in [0.15, 0.2) is 48.5 Å². The second-order valence-corrected chi connectivity index (χ2v) is 6.73. The van der Waals surface area contributed by atoms with Crippen LogP contribution in [0.1, 0.15) is 31.4 Å². The van der Waals surface area contributed by atoms with Crippen molar-refractivity contribution in [1.29, 1.82) is 0 Å². The molecular weight excluding hydrogens is 330 g/mol. The van der Waals surface area contributed by atoms with Gasteiger partial charge in [0.25, 0.3) is 5.91 Å². The summed E-state index contributed by atoms with van der Waals surface area (Å²) in [6, 6.07) is 14.8. The van der Waals surface area contributed by atoms with Gasteiger partial charge in [-0.1, -0.05) is 30.3 Å². The van der Waals surface area contributed by atoms with Gasteiger partial charge in [-0.05, 0) is 43.5 Å². The van der Waals surface area contributed by atoms with E-state index in [1.54, 1.807) is 19.1 Å². The molecule has 2 aromatic carbocycles. The highest BCUT2D eigenvalue weighted by Crippen LogP contribution is 2.33. The quantitative estimate of drug-likeness (QED) is 0.774. The average Bonchev–Trinajstić information content (AvgIpc) is 3.45. The maximum absolute atomic E-state index is 12.7. The normalized spacial score (nSPS) is 19.6. The van der Waals surface area contributed by atoms with Crippen LogP contribution in [-0.2, 0) is 9.59 Å². The molecule has 1 fully saturated rings. The van der Waals surface area contributed by atoms with E-state index in [0.717, 1.165) is 24.1 Å². The van der Waals surface area contributed by atoms with E-state index in [1.165, 1.54) is 0 Å². The fourth-order valence-corrected chi connectivity index (χ4v) is 2.92. The fourth-order valence-electron chi connectivity index (χ4n) is 2.92. The molecule has 0 saturated heterocycles. The topological polar surface area (TPSA) is 79.5 Å². The molecule has 6 nitrogen and oxygen atoms in total. The molecule has 1 aliphatic heterocycles. The van der Waals surface area contributed by atoms with Gasteiger partial charge in [0.2, 0.25) is 5.91 Å². The first-order valence-corrected chi connectivity index (χ1v) is 8.83. The molecule has 0 bridgehead atoms. The Balaban J connectivity index is 1.58. The number of carbonyl (C=O) groups excluding carboxylic acids is 2. The summed E-state index contributed by atoms with van der Waals surface area (Å²) in [5.74, 6) is 0.396. The number of fused-ring (bicyclic) bond motifs is 1. The third-order valence-electron chi connectivity index (χ3n) is 4.54. The first kappa shape index (κ1) is 16.4. The molecule has 2 aliphatic rings. The maximum atomic E-state index is 12.7. The predicted octanol–water partition coefficient (Wildman–Crippen LogP) is 2.84. The van der Waals surface area contributed by atoms with Crippen molar-refractivity contribution >= 4 is 23.2 Å². The Bertz CT molecular complexity index is 833. The fraction of sp³-hybridized carbons (Fsp3) is 0.300. The Hall–Kier alpha value is -3.02. The van der Waals surface area contributed by atoms with Crippen molar-refractivity contribution in [1.82, 2.24) is 5.32 Å². The summed E-state index contributed by atoms with van der Waals surface area (Å²) < 4.78 is 5.58. The molecule has 2 atom stereocenters. The van der Waals surface area contributed by atoms with Crippen molar-refractivity contribution < 1.29 is 14.3 Å². The highest BCUT2D eigenvalue weighted by atomic mass is 16.5. The van der Waals surface area contributed by atoms with Crippen molar-refractivity contribution in [3.8, 4) is 5.75 Å². The third kappa shape index (κ3) is 3.49. The Morgan fingerprint density at radius 1 is 1.19 bits per heavy atom. The molecule has 3 N–H and O–H groups in total. The van der Waals surface area contributed by atoms with Gasteiger partial charge in [-0.3, -0.25) is 9.59 Å². The molecule has 134 valence electrons. The van der Waals surface area contributed by atoms with E-state index in [0.29, 0.717) is 11.4 Å². The van der Waals surface area contributed by atoms with Crippen LogP contribution in [0, 0.1) is 0 Å². The van der Waals surface area contributed by atoms with E-state index in [2.05, 4.69) is 16.0 Å². The minimum atomic E-state index is -0.511. The molecule has 1 heterocycles. The number of hydrogen-bond acceptors (Lipinski definition) is 4. The zero-order chi connectivity index (χ0) is 18.1. The van der Waals surface area contributed by atoms with Crippen LogP contribution in [0.2, 0.25) is 0 Å². The van der Waals surface area contributed by atoms with E-state index in [1.807, 2.05) is 36.4 Å². The van der Waals surface area contributed by atoms with Crippen LogP contribution in [0.5, 0.6) is 5.75 Å². The van der Waals surface area contributed by atoms with Crippen molar-refractivity contribution in [2.45, 2.75) is 38.0 Å². The van der Waals surface area contributed by atoms with Crippen LogP contribution in [-0.4, -0.2) is 24.0 Å². The number of benzene rings is 2. The van der Waals surface area contributed by atoms with Crippen LogP contribution in [0.25, 0.3) is 0 Å². The number of anilines is 2. The zero-order valence-electron chi connectivity index (χ0n) is 14.5. The van der Waals surface area contributed by atoms with E-state index in [9.17, 15) is 9.59 Å². The number of ether oxygens (including phenoxy) is 1. The Kier molecular flexibility index (Phi) is 4.24. The molecule has 2 aromatic rings. The zero-order valence-corrected chi connectivity index (χ0v) is 14.5. The van der Waals surface area contributed by atoms with Gasteiger partial charge < -0.3 is 20.7 Å². The number of amides is 2. The first-order chi connectivity index (χ1) is 12.6. The second kappa shape index (κ2) is 6.71.